The normalized spacial score (nSPS) is 11.6. The van der Waals surface area contributed by atoms with E-state index in [1.165, 1.54) is 11.8 Å². The molecule has 1 aromatic carbocycles. The number of thioether (sulfide) groups is 1. The Morgan fingerprint density at radius 1 is 1.23 bits per heavy atom. The van der Waals surface area contributed by atoms with Crippen molar-refractivity contribution in [3.8, 4) is 0 Å². The van der Waals surface area contributed by atoms with Gasteiger partial charge in [-0.05, 0) is 37.1 Å². The Labute approximate surface area is 136 Å². The van der Waals surface area contributed by atoms with E-state index in [0.717, 1.165) is 17.7 Å². The van der Waals surface area contributed by atoms with Gasteiger partial charge in [0.1, 0.15) is 0 Å². The number of hydrogen-bond acceptors (Lipinski definition) is 3. The number of urea groups is 1. The van der Waals surface area contributed by atoms with Crippen LogP contribution in [0.25, 0.3) is 0 Å². The Balaban J connectivity index is 2.48. The first-order valence-corrected chi connectivity index (χ1v) is 8.37. The van der Waals surface area contributed by atoms with Gasteiger partial charge >= 0.3 is 6.03 Å². The van der Waals surface area contributed by atoms with Crippen molar-refractivity contribution in [1.82, 2.24) is 10.6 Å². The van der Waals surface area contributed by atoms with Gasteiger partial charge < -0.3 is 16.0 Å². The second-order valence-corrected chi connectivity index (χ2v) is 6.69. The molecule has 3 N–H and O–H groups in total. The first-order chi connectivity index (χ1) is 10.4. The molecule has 0 aliphatic carbocycles. The highest BCUT2D eigenvalue weighted by atomic mass is 32.2. The van der Waals surface area contributed by atoms with Crippen molar-refractivity contribution in [3.05, 3.63) is 23.8 Å². The number of aryl methyl sites for hydroxylation is 1. The number of hydrogen-bond donors (Lipinski definition) is 3. The summed E-state index contributed by atoms with van der Waals surface area (Å²) in [5, 5.41) is 8.72. The van der Waals surface area contributed by atoms with Gasteiger partial charge in [-0.25, -0.2) is 4.79 Å². The smallest absolute Gasteiger partial charge is 0.319 e. The van der Waals surface area contributed by atoms with E-state index in [-0.39, 0.29) is 11.9 Å². The molecule has 1 atom stereocenters. The third kappa shape index (κ3) is 6.85. The van der Waals surface area contributed by atoms with Crippen LogP contribution in [0.5, 0.6) is 0 Å². The largest absolute Gasteiger partial charge is 0.355 e. The number of nitrogens with one attached hydrogen (secondary N) is 3. The zero-order valence-electron chi connectivity index (χ0n) is 13.7. The maximum absolute atomic E-state index is 11.8. The lowest BCUT2D eigenvalue weighted by molar-refractivity contribution is -0.118. The Kier molecular flexibility index (Phi) is 7.80. The Morgan fingerprint density at radius 2 is 1.91 bits per heavy atom. The van der Waals surface area contributed by atoms with Crippen molar-refractivity contribution in [2.75, 3.05) is 18.4 Å². The average molecular weight is 323 g/mol. The van der Waals surface area contributed by atoms with Crippen LogP contribution in [0.15, 0.2) is 23.1 Å². The van der Waals surface area contributed by atoms with Crippen molar-refractivity contribution in [2.45, 2.75) is 44.3 Å². The van der Waals surface area contributed by atoms with Crippen molar-refractivity contribution in [2.24, 2.45) is 0 Å². The molecule has 0 heterocycles. The molecule has 0 saturated heterocycles. The highest BCUT2D eigenvalue weighted by Crippen LogP contribution is 2.28. The summed E-state index contributed by atoms with van der Waals surface area (Å²) in [7, 11) is 0. The van der Waals surface area contributed by atoms with Crippen molar-refractivity contribution >= 4 is 29.4 Å². The van der Waals surface area contributed by atoms with Gasteiger partial charge in [-0.1, -0.05) is 13.8 Å². The van der Waals surface area contributed by atoms with Crippen LogP contribution in [0, 0.1) is 6.92 Å². The first-order valence-electron chi connectivity index (χ1n) is 7.49. The maximum Gasteiger partial charge on any atom is 0.319 e. The van der Waals surface area contributed by atoms with Crippen LogP contribution < -0.4 is 16.0 Å². The fourth-order valence-corrected chi connectivity index (χ4v) is 2.77. The van der Waals surface area contributed by atoms with Crippen molar-refractivity contribution < 1.29 is 9.59 Å². The second kappa shape index (κ2) is 9.35. The number of carbonyl (C=O) groups excluding carboxylic acids is 2. The van der Waals surface area contributed by atoms with Crippen molar-refractivity contribution in [1.29, 1.82) is 0 Å². The zero-order valence-corrected chi connectivity index (χ0v) is 14.5. The van der Waals surface area contributed by atoms with E-state index in [0.29, 0.717) is 18.3 Å². The van der Waals surface area contributed by atoms with Crippen LogP contribution in [0.2, 0.25) is 0 Å². The molecule has 0 spiro atoms. The number of rotatable bonds is 7. The highest BCUT2D eigenvalue weighted by Gasteiger charge is 2.07. The van der Waals surface area contributed by atoms with E-state index in [2.05, 4.69) is 35.9 Å². The van der Waals surface area contributed by atoms with Gasteiger partial charge in [-0.15, -0.1) is 11.8 Å². The van der Waals surface area contributed by atoms with Crippen LogP contribution >= 0.6 is 11.8 Å². The molecule has 0 aliphatic rings. The van der Waals surface area contributed by atoms with E-state index in [1.54, 1.807) is 0 Å². The fourth-order valence-electron chi connectivity index (χ4n) is 1.75. The third-order valence-corrected chi connectivity index (χ3v) is 4.40. The first kappa shape index (κ1) is 18.4. The molecule has 1 aromatic rings. The van der Waals surface area contributed by atoms with E-state index >= 15 is 0 Å². The van der Waals surface area contributed by atoms with Crippen LogP contribution in [-0.4, -0.2) is 30.3 Å². The molecule has 0 saturated carbocycles. The van der Waals surface area contributed by atoms with Gasteiger partial charge in [-0.2, -0.15) is 0 Å². The SMILES string of the molecule is CC[C@@H](C)Sc1ccc(NC(=O)NCCNC(C)=O)c(C)c1. The predicted molar refractivity (Wildman–Crippen MR) is 92.5 cm³/mol. The molecule has 0 unspecified atom stereocenters. The summed E-state index contributed by atoms with van der Waals surface area (Å²) in [4.78, 5) is 23.7. The van der Waals surface area contributed by atoms with Gasteiger partial charge in [0.15, 0.2) is 0 Å². The minimum atomic E-state index is -0.268. The Morgan fingerprint density at radius 3 is 2.50 bits per heavy atom. The summed E-state index contributed by atoms with van der Waals surface area (Å²) in [6, 6.07) is 5.77. The number of anilines is 1. The van der Waals surface area contributed by atoms with E-state index < -0.39 is 0 Å². The van der Waals surface area contributed by atoms with E-state index in [1.807, 2.05) is 30.8 Å². The minimum Gasteiger partial charge on any atom is -0.355 e. The van der Waals surface area contributed by atoms with Gasteiger partial charge in [-0.3, -0.25) is 4.79 Å². The molecule has 0 radical (unpaired) electrons. The highest BCUT2D eigenvalue weighted by molar-refractivity contribution is 7.99. The number of amides is 3. The lowest BCUT2D eigenvalue weighted by Crippen LogP contribution is -2.36. The Bertz CT molecular complexity index is 520. The zero-order chi connectivity index (χ0) is 16.5. The van der Waals surface area contributed by atoms with Gasteiger partial charge in [0.25, 0.3) is 0 Å². The van der Waals surface area contributed by atoms with E-state index in [9.17, 15) is 9.59 Å². The summed E-state index contributed by atoms with van der Waals surface area (Å²) in [5.41, 5.74) is 1.83. The summed E-state index contributed by atoms with van der Waals surface area (Å²) < 4.78 is 0. The monoisotopic (exact) mass is 323 g/mol. The average Bonchev–Trinajstić information content (AvgIpc) is 2.46. The predicted octanol–water partition coefficient (Wildman–Crippen LogP) is 3.14. The fraction of sp³-hybridized carbons (Fsp3) is 0.500. The summed E-state index contributed by atoms with van der Waals surface area (Å²) in [5.74, 6) is -0.104. The summed E-state index contributed by atoms with van der Waals surface area (Å²) in [6.07, 6.45) is 1.13. The van der Waals surface area contributed by atoms with Crippen LogP contribution in [-0.2, 0) is 4.79 Å². The minimum absolute atomic E-state index is 0.104. The molecule has 122 valence electrons. The number of benzene rings is 1. The van der Waals surface area contributed by atoms with Crippen LogP contribution in [0.3, 0.4) is 0 Å². The molecular weight excluding hydrogens is 298 g/mol. The van der Waals surface area contributed by atoms with Crippen LogP contribution in [0.1, 0.15) is 32.8 Å². The summed E-state index contributed by atoms with van der Waals surface area (Å²) >= 11 is 1.84. The van der Waals surface area contributed by atoms with E-state index in [4.69, 9.17) is 0 Å². The van der Waals surface area contributed by atoms with Gasteiger partial charge in [0.2, 0.25) is 5.91 Å². The molecule has 0 bridgehead atoms. The molecule has 5 nitrogen and oxygen atoms in total. The molecule has 22 heavy (non-hydrogen) atoms. The molecule has 6 heteroatoms. The lowest BCUT2D eigenvalue weighted by Gasteiger charge is -2.13. The Hall–Kier alpha value is -1.69. The van der Waals surface area contributed by atoms with Crippen LogP contribution in [0.4, 0.5) is 10.5 Å². The van der Waals surface area contributed by atoms with Gasteiger partial charge in [0, 0.05) is 35.8 Å². The molecule has 1 rings (SSSR count). The maximum atomic E-state index is 11.8. The molecule has 3 amide bonds. The summed E-state index contributed by atoms with van der Waals surface area (Å²) in [6.45, 7) is 8.62. The second-order valence-electron chi connectivity index (χ2n) is 5.18. The standard InChI is InChI=1S/C16H25N3O2S/c1-5-12(3)22-14-6-7-15(11(2)10-14)19-16(21)18-9-8-17-13(4)20/h6-7,10,12H,5,8-9H2,1-4H3,(H,17,20)(H2,18,19,21)/t12-/m1/s1. The van der Waals surface area contributed by atoms with Crippen molar-refractivity contribution in [3.63, 3.8) is 0 Å². The van der Waals surface area contributed by atoms with Gasteiger partial charge in [0.05, 0.1) is 0 Å². The topological polar surface area (TPSA) is 70.2 Å². The molecular formula is C16H25N3O2S. The quantitative estimate of drug-likeness (QED) is 0.533. The third-order valence-electron chi connectivity index (χ3n) is 3.14. The molecule has 0 aliphatic heterocycles. The lowest BCUT2D eigenvalue weighted by atomic mass is 10.2. The molecule has 0 aromatic heterocycles. The number of carbonyl (C=O) groups is 2. The molecule has 0 fully saturated rings.